The van der Waals surface area contributed by atoms with Gasteiger partial charge in [0.1, 0.15) is 8.07 Å². The van der Waals surface area contributed by atoms with E-state index in [4.69, 9.17) is 0 Å². The van der Waals surface area contributed by atoms with Gasteiger partial charge in [0.05, 0.1) is 0 Å². The summed E-state index contributed by atoms with van der Waals surface area (Å²) in [4.78, 5) is 0. The fraction of sp³-hybridized carbons (Fsp3) is 0.846. The predicted molar refractivity (Wildman–Crippen MR) is 69.1 cm³/mol. The molecule has 0 aromatic heterocycles. The zero-order valence-electron chi connectivity index (χ0n) is 10.8. The van der Waals surface area contributed by atoms with Crippen LogP contribution in [0, 0.1) is 11.5 Å². The summed E-state index contributed by atoms with van der Waals surface area (Å²) in [6, 6.07) is 1.39. The fourth-order valence-corrected chi connectivity index (χ4v) is 6.89. The molecule has 0 heterocycles. The van der Waals surface area contributed by atoms with Crippen LogP contribution in [0.2, 0.25) is 17.1 Å². The van der Waals surface area contributed by atoms with Crippen molar-refractivity contribution in [3.05, 3.63) is 0 Å². The van der Waals surface area contributed by atoms with Crippen molar-refractivity contribution >= 4 is 8.07 Å². The van der Waals surface area contributed by atoms with Gasteiger partial charge in [-0.2, -0.15) is 0 Å². The summed E-state index contributed by atoms with van der Waals surface area (Å²) >= 11 is 0. The quantitative estimate of drug-likeness (QED) is 0.459. The van der Waals surface area contributed by atoms with E-state index in [1.165, 1.54) is 18.9 Å². The van der Waals surface area contributed by atoms with Crippen LogP contribution >= 0.6 is 0 Å². The molecule has 14 heavy (non-hydrogen) atoms. The second-order valence-electron chi connectivity index (χ2n) is 4.83. The van der Waals surface area contributed by atoms with Crippen molar-refractivity contribution in [2.45, 2.75) is 71.5 Å². The Labute approximate surface area is 91.5 Å². The predicted octanol–water partition coefficient (Wildman–Crippen LogP) is 4.62. The van der Waals surface area contributed by atoms with E-state index in [2.05, 4.69) is 46.1 Å². The van der Waals surface area contributed by atoms with Gasteiger partial charge in [-0.05, 0) is 24.1 Å². The van der Waals surface area contributed by atoms with Gasteiger partial charge in [0.15, 0.2) is 0 Å². The third kappa shape index (κ3) is 3.17. The molecule has 0 atom stereocenters. The monoisotopic (exact) mass is 210 g/mol. The first kappa shape index (κ1) is 13.8. The highest BCUT2D eigenvalue weighted by atomic mass is 28.3. The Hall–Kier alpha value is -0.223. The van der Waals surface area contributed by atoms with E-state index < -0.39 is 8.07 Å². The number of hydrogen-bond donors (Lipinski definition) is 0. The first-order valence-electron chi connectivity index (χ1n) is 5.95. The summed E-state index contributed by atoms with van der Waals surface area (Å²) < 4.78 is 0. The lowest BCUT2D eigenvalue weighted by molar-refractivity contribution is 0.817. The van der Waals surface area contributed by atoms with Crippen molar-refractivity contribution < 1.29 is 0 Å². The Bertz CT molecular complexity index is 197. The normalized spacial score (nSPS) is 11.7. The lowest BCUT2D eigenvalue weighted by Crippen LogP contribution is -2.39. The van der Waals surface area contributed by atoms with Crippen molar-refractivity contribution in [2.24, 2.45) is 0 Å². The van der Waals surface area contributed by atoms with Gasteiger partial charge in [0.2, 0.25) is 0 Å². The lowest BCUT2D eigenvalue weighted by Gasteiger charge is -2.34. The summed E-state index contributed by atoms with van der Waals surface area (Å²) in [5.74, 6) is 3.19. The summed E-state index contributed by atoms with van der Waals surface area (Å²) in [5, 5.41) is 0. The van der Waals surface area contributed by atoms with Crippen LogP contribution in [0.4, 0.5) is 0 Å². The molecular formula is C13H26Si. The summed E-state index contributed by atoms with van der Waals surface area (Å²) in [5.41, 5.74) is 5.20. The van der Waals surface area contributed by atoms with Gasteiger partial charge < -0.3 is 0 Å². The van der Waals surface area contributed by atoms with Crippen LogP contribution in [0.25, 0.3) is 0 Å². The van der Waals surface area contributed by atoms with E-state index in [1.807, 2.05) is 6.92 Å². The maximum absolute atomic E-state index is 3.62. The van der Waals surface area contributed by atoms with Gasteiger partial charge >= 0.3 is 0 Å². The van der Waals surface area contributed by atoms with Gasteiger partial charge in [-0.15, -0.1) is 11.5 Å². The molecule has 0 fully saturated rings. The Balaban J connectivity index is 4.82. The SMILES string of the molecule is CC#C[Si](CCCC)(C(C)C)C(C)C. The molecule has 0 aromatic rings. The molecule has 0 amide bonds. The van der Waals surface area contributed by atoms with Crippen LogP contribution in [-0.2, 0) is 0 Å². The van der Waals surface area contributed by atoms with Crippen molar-refractivity contribution in [3.8, 4) is 11.5 Å². The zero-order valence-corrected chi connectivity index (χ0v) is 11.8. The standard InChI is InChI=1S/C13H26Si/c1-7-9-11-14(10-8-2,12(3)4)13(5)6/h12-13H,7,9,11H2,1-6H3. The fourth-order valence-electron chi connectivity index (χ4n) is 2.30. The van der Waals surface area contributed by atoms with Gasteiger partial charge in [-0.25, -0.2) is 0 Å². The minimum Gasteiger partial charge on any atom is -0.131 e. The molecule has 0 N–H and O–H groups in total. The summed E-state index contributed by atoms with van der Waals surface area (Å²) in [6.07, 6.45) is 2.66. The van der Waals surface area contributed by atoms with E-state index in [1.54, 1.807) is 0 Å². The van der Waals surface area contributed by atoms with Crippen molar-refractivity contribution in [2.75, 3.05) is 0 Å². The average molecular weight is 210 g/mol. The third-order valence-electron chi connectivity index (χ3n) is 3.36. The van der Waals surface area contributed by atoms with E-state index >= 15 is 0 Å². The zero-order chi connectivity index (χ0) is 11.2. The smallest absolute Gasteiger partial charge is 0.131 e. The molecule has 0 aliphatic heterocycles. The number of rotatable bonds is 5. The minimum absolute atomic E-state index is 0.793. The van der Waals surface area contributed by atoms with Crippen molar-refractivity contribution in [3.63, 3.8) is 0 Å². The largest absolute Gasteiger partial charge is 0.143 e. The first-order valence-corrected chi connectivity index (χ1v) is 8.31. The molecule has 0 bridgehead atoms. The Kier molecular flexibility index (Phi) is 6.20. The Morgan fingerprint density at radius 3 is 1.86 bits per heavy atom. The first-order chi connectivity index (χ1) is 6.51. The molecule has 0 spiro atoms. The van der Waals surface area contributed by atoms with Crippen LogP contribution in [0.1, 0.15) is 54.4 Å². The Morgan fingerprint density at radius 2 is 1.57 bits per heavy atom. The highest BCUT2D eigenvalue weighted by Crippen LogP contribution is 2.36. The van der Waals surface area contributed by atoms with Crippen molar-refractivity contribution in [1.82, 2.24) is 0 Å². The van der Waals surface area contributed by atoms with Crippen LogP contribution < -0.4 is 0 Å². The maximum atomic E-state index is 3.62. The molecule has 0 saturated carbocycles. The van der Waals surface area contributed by atoms with E-state index in [0.717, 1.165) is 11.1 Å². The molecular weight excluding hydrogens is 184 g/mol. The average Bonchev–Trinajstić information content (AvgIpc) is 2.11. The third-order valence-corrected chi connectivity index (χ3v) is 9.38. The highest BCUT2D eigenvalue weighted by Gasteiger charge is 2.37. The second kappa shape index (κ2) is 6.30. The van der Waals surface area contributed by atoms with E-state index in [0.29, 0.717) is 0 Å². The minimum atomic E-state index is -1.33. The van der Waals surface area contributed by atoms with E-state index in [-0.39, 0.29) is 0 Å². The molecule has 0 aromatic carbocycles. The van der Waals surface area contributed by atoms with Crippen LogP contribution in [0.5, 0.6) is 0 Å². The summed E-state index contributed by atoms with van der Waals surface area (Å²) in [7, 11) is -1.33. The molecule has 0 nitrogen and oxygen atoms in total. The maximum Gasteiger partial charge on any atom is 0.143 e. The molecule has 0 aliphatic carbocycles. The van der Waals surface area contributed by atoms with Gasteiger partial charge in [-0.1, -0.05) is 47.5 Å². The van der Waals surface area contributed by atoms with Gasteiger partial charge in [0.25, 0.3) is 0 Å². The van der Waals surface area contributed by atoms with Crippen molar-refractivity contribution in [1.29, 1.82) is 0 Å². The number of hydrogen-bond acceptors (Lipinski definition) is 0. The summed E-state index contributed by atoms with van der Waals surface area (Å²) in [6.45, 7) is 13.7. The van der Waals surface area contributed by atoms with Gasteiger partial charge in [-0.3, -0.25) is 0 Å². The molecule has 0 radical (unpaired) electrons. The second-order valence-corrected chi connectivity index (χ2v) is 9.97. The molecule has 0 saturated heterocycles. The molecule has 1 heteroatoms. The van der Waals surface area contributed by atoms with Crippen LogP contribution in [-0.4, -0.2) is 8.07 Å². The van der Waals surface area contributed by atoms with Crippen LogP contribution in [0.15, 0.2) is 0 Å². The lowest BCUT2D eigenvalue weighted by atomic mass is 10.4. The molecule has 82 valence electrons. The molecule has 0 aliphatic rings. The van der Waals surface area contributed by atoms with Crippen LogP contribution in [0.3, 0.4) is 0 Å². The van der Waals surface area contributed by atoms with E-state index in [9.17, 15) is 0 Å². The topological polar surface area (TPSA) is 0 Å². The Morgan fingerprint density at radius 1 is 1.07 bits per heavy atom. The number of unbranched alkanes of at least 4 members (excludes halogenated alkanes) is 1. The molecule has 0 unspecified atom stereocenters. The van der Waals surface area contributed by atoms with Gasteiger partial charge in [0, 0.05) is 0 Å². The molecule has 0 rings (SSSR count). The highest BCUT2D eigenvalue weighted by molar-refractivity contribution is 6.89.